The fourth-order valence-electron chi connectivity index (χ4n) is 3.42. The monoisotopic (exact) mass is 289 g/mol. The Morgan fingerprint density at radius 2 is 2.05 bits per heavy atom. The molecule has 6 nitrogen and oxygen atoms in total. The summed E-state index contributed by atoms with van der Waals surface area (Å²) in [6, 6.07) is 7.57. The van der Waals surface area contributed by atoms with Crippen LogP contribution in [-0.4, -0.2) is 29.0 Å². The van der Waals surface area contributed by atoms with Crippen molar-refractivity contribution in [3.63, 3.8) is 0 Å². The van der Waals surface area contributed by atoms with Gasteiger partial charge in [0.05, 0.1) is 11.3 Å². The van der Waals surface area contributed by atoms with E-state index in [1.54, 1.807) is 12.1 Å². The number of nitro benzene ring substituents is 1. The van der Waals surface area contributed by atoms with Crippen molar-refractivity contribution < 1.29 is 9.72 Å². The van der Waals surface area contributed by atoms with E-state index in [0.717, 1.165) is 12.8 Å². The Hall–Kier alpha value is -1.95. The van der Waals surface area contributed by atoms with E-state index in [4.69, 9.17) is 0 Å². The van der Waals surface area contributed by atoms with Gasteiger partial charge < -0.3 is 10.6 Å². The Labute approximate surface area is 123 Å². The van der Waals surface area contributed by atoms with Crippen molar-refractivity contribution in [2.75, 3.05) is 0 Å². The maximum absolute atomic E-state index is 12.1. The molecule has 112 valence electrons. The van der Waals surface area contributed by atoms with Gasteiger partial charge >= 0.3 is 0 Å². The number of benzene rings is 1. The fourth-order valence-corrected chi connectivity index (χ4v) is 3.42. The molecule has 2 bridgehead atoms. The van der Waals surface area contributed by atoms with E-state index in [1.165, 1.54) is 25.0 Å². The lowest BCUT2D eigenvalue weighted by molar-refractivity contribution is -0.384. The highest BCUT2D eigenvalue weighted by atomic mass is 16.6. The zero-order valence-electron chi connectivity index (χ0n) is 11.7. The van der Waals surface area contributed by atoms with Crippen molar-refractivity contribution in [1.29, 1.82) is 0 Å². The van der Waals surface area contributed by atoms with E-state index in [1.807, 2.05) is 0 Å². The van der Waals surface area contributed by atoms with E-state index in [9.17, 15) is 14.9 Å². The number of nitrogens with one attached hydrogen (secondary N) is 2. The van der Waals surface area contributed by atoms with Crippen LogP contribution in [0, 0.1) is 10.1 Å². The van der Waals surface area contributed by atoms with Crippen LogP contribution < -0.4 is 10.6 Å². The first-order valence-electron chi connectivity index (χ1n) is 7.39. The second-order valence-corrected chi connectivity index (χ2v) is 5.98. The summed E-state index contributed by atoms with van der Waals surface area (Å²) in [6.07, 6.45) is 4.55. The van der Waals surface area contributed by atoms with Crippen molar-refractivity contribution in [3.05, 3.63) is 39.9 Å². The predicted molar refractivity (Wildman–Crippen MR) is 77.9 cm³/mol. The Morgan fingerprint density at radius 3 is 2.71 bits per heavy atom. The van der Waals surface area contributed by atoms with Crippen LogP contribution in [-0.2, 0) is 11.2 Å². The first kappa shape index (κ1) is 14.0. The minimum absolute atomic E-state index is 0.0280. The molecule has 0 spiro atoms. The number of hydrogen-bond donors (Lipinski definition) is 2. The Bertz CT molecular complexity index is 549. The van der Waals surface area contributed by atoms with Gasteiger partial charge in [-0.05, 0) is 31.2 Å². The highest BCUT2D eigenvalue weighted by Crippen LogP contribution is 2.26. The van der Waals surface area contributed by atoms with Crippen molar-refractivity contribution in [3.8, 4) is 0 Å². The standard InChI is InChI=1S/C15H19N3O3/c19-15(7-10-2-1-3-14(6-10)18(20)21)17-13-8-11-4-5-12(9-13)16-11/h1-3,6,11-13,16H,4-5,7-9H2,(H,17,19). The lowest BCUT2D eigenvalue weighted by atomic mass is 9.99. The number of carbonyl (C=O) groups excluding carboxylic acids is 1. The number of nitrogens with zero attached hydrogens (tertiary/aromatic N) is 1. The summed E-state index contributed by atoms with van der Waals surface area (Å²) >= 11 is 0. The van der Waals surface area contributed by atoms with Gasteiger partial charge in [0.1, 0.15) is 0 Å². The molecule has 1 aromatic rings. The maximum atomic E-state index is 12.1. The molecule has 2 atom stereocenters. The van der Waals surface area contributed by atoms with Gasteiger partial charge in [-0.15, -0.1) is 0 Å². The number of hydrogen-bond acceptors (Lipinski definition) is 4. The lowest BCUT2D eigenvalue weighted by Crippen LogP contribution is -2.48. The lowest BCUT2D eigenvalue weighted by Gasteiger charge is -2.29. The highest BCUT2D eigenvalue weighted by Gasteiger charge is 2.33. The Morgan fingerprint density at radius 1 is 1.33 bits per heavy atom. The Kier molecular flexibility index (Phi) is 3.88. The third kappa shape index (κ3) is 3.39. The molecule has 2 saturated heterocycles. The number of non-ortho nitro benzene ring substituents is 1. The molecule has 0 saturated carbocycles. The normalized spacial score (nSPS) is 27.3. The quantitative estimate of drug-likeness (QED) is 0.650. The SMILES string of the molecule is O=C(Cc1cccc([N+](=O)[O-])c1)NC1CC2CCC(C1)N2. The van der Waals surface area contributed by atoms with Gasteiger partial charge in [-0.1, -0.05) is 12.1 Å². The van der Waals surface area contributed by atoms with Crippen LogP contribution in [0.15, 0.2) is 24.3 Å². The Balaban J connectivity index is 1.56. The minimum atomic E-state index is -0.439. The minimum Gasteiger partial charge on any atom is -0.353 e. The van der Waals surface area contributed by atoms with Gasteiger partial charge in [0.2, 0.25) is 5.91 Å². The molecule has 0 aromatic heterocycles. The molecular weight excluding hydrogens is 270 g/mol. The summed E-state index contributed by atoms with van der Waals surface area (Å²) in [5.74, 6) is -0.0539. The van der Waals surface area contributed by atoms with E-state index in [0.29, 0.717) is 17.6 Å². The summed E-state index contributed by atoms with van der Waals surface area (Å²) in [5, 5.41) is 17.3. The van der Waals surface area contributed by atoms with Gasteiger partial charge in [-0.3, -0.25) is 14.9 Å². The third-order valence-corrected chi connectivity index (χ3v) is 4.32. The molecule has 3 rings (SSSR count). The van der Waals surface area contributed by atoms with E-state index < -0.39 is 4.92 Å². The molecular formula is C15H19N3O3. The number of fused-ring (bicyclic) bond motifs is 2. The molecule has 1 aromatic carbocycles. The molecule has 2 N–H and O–H groups in total. The third-order valence-electron chi connectivity index (χ3n) is 4.32. The topological polar surface area (TPSA) is 84.3 Å². The highest BCUT2D eigenvalue weighted by molar-refractivity contribution is 5.79. The summed E-state index contributed by atoms with van der Waals surface area (Å²) in [5.41, 5.74) is 0.707. The second kappa shape index (κ2) is 5.81. The molecule has 2 heterocycles. The van der Waals surface area contributed by atoms with Crippen molar-refractivity contribution >= 4 is 11.6 Å². The smallest absolute Gasteiger partial charge is 0.269 e. The molecule has 2 aliphatic heterocycles. The summed E-state index contributed by atoms with van der Waals surface area (Å²) in [6.45, 7) is 0. The largest absolute Gasteiger partial charge is 0.353 e. The van der Waals surface area contributed by atoms with Crippen LogP contribution in [0.1, 0.15) is 31.2 Å². The van der Waals surface area contributed by atoms with Gasteiger partial charge in [-0.2, -0.15) is 0 Å². The first-order valence-corrected chi connectivity index (χ1v) is 7.39. The number of amides is 1. The van der Waals surface area contributed by atoms with Gasteiger partial charge in [0.25, 0.3) is 5.69 Å². The first-order chi connectivity index (χ1) is 10.1. The van der Waals surface area contributed by atoms with E-state index in [2.05, 4.69) is 10.6 Å². The van der Waals surface area contributed by atoms with Crippen LogP contribution in [0.25, 0.3) is 0 Å². The molecule has 2 fully saturated rings. The van der Waals surface area contributed by atoms with Gasteiger partial charge in [0.15, 0.2) is 0 Å². The van der Waals surface area contributed by atoms with Crippen LogP contribution >= 0.6 is 0 Å². The van der Waals surface area contributed by atoms with Crippen LogP contribution in [0.3, 0.4) is 0 Å². The zero-order valence-corrected chi connectivity index (χ0v) is 11.7. The van der Waals surface area contributed by atoms with Crippen LogP contribution in [0.4, 0.5) is 5.69 Å². The van der Waals surface area contributed by atoms with Crippen molar-refractivity contribution in [2.24, 2.45) is 0 Å². The van der Waals surface area contributed by atoms with Crippen molar-refractivity contribution in [2.45, 2.75) is 50.2 Å². The number of carbonyl (C=O) groups is 1. The fraction of sp³-hybridized carbons (Fsp3) is 0.533. The molecule has 6 heteroatoms. The summed E-state index contributed by atoms with van der Waals surface area (Å²) < 4.78 is 0. The average molecular weight is 289 g/mol. The second-order valence-electron chi connectivity index (χ2n) is 5.98. The zero-order chi connectivity index (χ0) is 14.8. The van der Waals surface area contributed by atoms with Gasteiger partial charge in [-0.25, -0.2) is 0 Å². The molecule has 21 heavy (non-hydrogen) atoms. The molecule has 2 aliphatic rings. The average Bonchev–Trinajstić information content (AvgIpc) is 2.78. The molecule has 2 unspecified atom stereocenters. The van der Waals surface area contributed by atoms with Crippen LogP contribution in [0.5, 0.6) is 0 Å². The van der Waals surface area contributed by atoms with Crippen LogP contribution in [0.2, 0.25) is 0 Å². The molecule has 1 amide bonds. The number of piperidine rings is 1. The van der Waals surface area contributed by atoms with Gasteiger partial charge in [0, 0.05) is 30.3 Å². The predicted octanol–water partition coefficient (Wildman–Crippen LogP) is 1.54. The number of nitro groups is 1. The molecule has 0 aliphatic carbocycles. The summed E-state index contributed by atoms with van der Waals surface area (Å²) in [7, 11) is 0. The number of rotatable bonds is 4. The summed E-state index contributed by atoms with van der Waals surface area (Å²) in [4.78, 5) is 22.4. The van der Waals surface area contributed by atoms with E-state index in [-0.39, 0.29) is 24.1 Å². The van der Waals surface area contributed by atoms with Crippen molar-refractivity contribution in [1.82, 2.24) is 10.6 Å². The molecule has 0 radical (unpaired) electrons. The van der Waals surface area contributed by atoms with E-state index >= 15 is 0 Å². The maximum Gasteiger partial charge on any atom is 0.269 e.